The normalized spacial score (nSPS) is 10.9. The minimum absolute atomic E-state index is 0.000672. The Morgan fingerprint density at radius 1 is 1.37 bits per heavy atom. The number of carbonyl (C=O) groups is 2. The third-order valence-corrected chi connectivity index (χ3v) is 2.36. The minimum Gasteiger partial charge on any atom is -0.481 e. The van der Waals surface area contributed by atoms with Gasteiger partial charge in [0.2, 0.25) is 0 Å². The molecule has 1 aromatic rings. The molecule has 6 heteroatoms. The van der Waals surface area contributed by atoms with E-state index in [9.17, 15) is 9.59 Å². The highest BCUT2D eigenvalue weighted by Gasteiger charge is 2.18. The van der Waals surface area contributed by atoms with Crippen LogP contribution in [-0.4, -0.2) is 29.1 Å². The van der Waals surface area contributed by atoms with Crippen LogP contribution >= 0.6 is 11.6 Å². The second-order valence-electron chi connectivity index (χ2n) is 5.01. The number of halogens is 1. The molecule has 19 heavy (non-hydrogen) atoms. The molecule has 0 saturated carbocycles. The fraction of sp³-hybridized carbons (Fsp3) is 0.385. The first-order chi connectivity index (χ1) is 8.70. The van der Waals surface area contributed by atoms with Crippen LogP contribution in [0.3, 0.4) is 0 Å². The number of aromatic carboxylic acids is 1. The fourth-order valence-electron chi connectivity index (χ4n) is 1.42. The van der Waals surface area contributed by atoms with Crippen LogP contribution in [0.25, 0.3) is 0 Å². The predicted octanol–water partition coefficient (Wildman–Crippen LogP) is 2.33. The molecule has 1 aromatic carbocycles. The van der Waals surface area contributed by atoms with E-state index in [1.165, 1.54) is 18.2 Å². The number of amides is 1. The number of nitrogens with one attached hydrogen (secondary N) is 1. The SMILES string of the molecule is CC(C)(C)NC(=O)COc1c(Cl)cccc1C(=O)O. The number of rotatable bonds is 4. The molecule has 0 heterocycles. The zero-order chi connectivity index (χ0) is 14.6. The van der Waals surface area contributed by atoms with Gasteiger partial charge < -0.3 is 15.2 Å². The van der Waals surface area contributed by atoms with Crippen molar-refractivity contribution in [2.45, 2.75) is 26.3 Å². The summed E-state index contributed by atoms with van der Waals surface area (Å²) >= 11 is 5.87. The van der Waals surface area contributed by atoms with E-state index in [1.807, 2.05) is 20.8 Å². The summed E-state index contributed by atoms with van der Waals surface area (Å²) in [4.78, 5) is 22.6. The molecule has 0 radical (unpaired) electrons. The Kier molecular flexibility index (Phi) is 4.78. The molecule has 1 rings (SSSR count). The second kappa shape index (κ2) is 5.93. The van der Waals surface area contributed by atoms with Gasteiger partial charge in [-0.25, -0.2) is 4.79 Å². The Morgan fingerprint density at radius 2 is 2.00 bits per heavy atom. The van der Waals surface area contributed by atoms with E-state index < -0.39 is 5.97 Å². The molecular weight excluding hydrogens is 270 g/mol. The summed E-state index contributed by atoms with van der Waals surface area (Å²) in [5, 5.41) is 11.9. The summed E-state index contributed by atoms with van der Waals surface area (Å²) in [6.07, 6.45) is 0. The van der Waals surface area contributed by atoms with Crippen molar-refractivity contribution in [1.29, 1.82) is 0 Å². The first-order valence-electron chi connectivity index (χ1n) is 5.66. The van der Waals surface area contributed by atoms with Crippen LogP contribution in [0.15, 0.2) is 18.2 Å². The number of hydrogen-bond acceptors (Lipinski definition) is 3. The van der Waals surface area contributed by atoms with Crippen LogP contribution in [0, 0.1) is 0 Å². The third kappa shape index (κ3) is 4.79. The van der Waals surface area contributed by atoms with Crippen molar-refractivity contribution in [3.05, 3.63) is 28.8 Å². The Hall–Kier alpha value is -1.75. The van der Waals surface area contributed by atoms with Crippen molar-refractivity contribution in [1.82, 2.24) is 5.32 Å². The van der Waals surface area contributed by atoms with Gasteiger partial charge in [0.05, 0.1) is 5.02 Å². The maximum Gasteiger partial charge on any atom is 0.339 e. The van der Waals surface area contributed by atoms with E-state index in [-0.39, 0.29) is 34.4 Å². The van der Waals surface area contributed by atoms with Crippen molar-refractivity contribution in [2.75, 3.05) is 6.61 Å². The summed E-state index contributed by atoms with van der Waals surface area (Å²) in [5.74, 6) is -1.50. The summed E-state index contributed by atoms with van der Waals surface area (Å²) in [5.41, 5.74) is -0.452. The highest BCUT2D eigenvalue weighted by molar-refractivity contribution is 6.32. The van der Waals surface area contributed by atoms with E-state index in [2.05, 4.69) is 5.32 Å². The fourth-order valence-corrected chi connectivity index (χ4v) is 1.65. The molecule has 0 fully saturated rings. The predicted molar refractivity (Wildman–Crippen MR) is 71.8 cm³/mol. The number of carboxylic acid groups (broad SMARTS) is 1. The average molecular weight is 286 g/mol. The lowest BCUT2D eigenvalue weighted by Crippen LogP contribution is -2.43. The van der Waals surface area contributed by atoms with Crippen LogP contribution in [-0.2, 0) is 4.79 Å². The number of carboxylic acids is 1. The quantitative estimate of drug-likeness (QED) is 0.890. The molecule has 0 unspecified atom stereocenters. The van der Waals surface area contributed by atoms with Gasteiger partial charge in [-0.1, -0.05) is 17.7 Å². The highest BCUT2D eigenvalue weighted by Crippen LogP contribution is 2.28. The first kappa shape index (κ1) is 15.3. The molecule has 0 bridgehead atoms. The number of carbonyl (C=O) groups excluding carboxylic acids is 1. The molecule has 1 amide bonds. The maximum absolute atomic E-state index is 11.6. The van der Waals surface area contributed by atoms with Gasteiger partial charge in [-0.3, -0.25) is 4.79 Å². The summed E-state index contributed by atoms with van der Waals surface area (Å²) in [6, 6.07) is 4.38. The molecule has 5 nitrogen and oxygen atoms in total. The molecular formula is C13H16ClNO4. The Balaban J connectivity index is 2.78. The van der Waals surface area contributed by atoms with Crippen molar-refractivity contribution >= 4 is 23.5 Å². The van der Waals surface area contributed by atoms with Crippen molar-refractivity contribution in [2.24, 2.45) is 0 Å². The van der Waals surface area contributed by atoms with Gasteiger partial charge in [0, 0.05) is 5.54 Å². The Labute approximate surface area is 116 Å². The van der Waals surface area contributed by atoms with Gasteiger partial charge in [-0.05, 0) is 32.9 Å². The third-order valence-electron chi connectivity index (χ3n) is 2.06. The second-order valence-corrected chi connectivity index (χ2v) is 5.42. The number of hydrogen-bond donors (Lipinski definition) is 2. The zero-order valence-electron chi connectivity index (χ0n) is 11.0. The van der Waals surface area contributed by atoms with Crippen LogP contribution in [0.4, 0.5) is 0 Å². The van der Waals surface area contributed by atoms with E-state index in [0.29, 0.717) is 0 Å². The number of benzene rings is 1. The van der Waals surface area contributed by atoms with E-state index >= 15 is 0 Å². The smallest absolute Gasteiger partial charge is 0.339 e. The summed E-state index contributed by atoms with van der Waals surface area (Å²) < 4.78 is 5.21. The van der Waals surface area contributed by atoms with E-state index in [4.69, 9.17) is 21.4 Å². The molecule has 0 spiro atoms. The van der Waals surface area contributed by atoms with E-state index in [0.717, 1.165) is 0 Å². The van der Waals surface area contributed by atoms with Crippen molar-refractivity contribution in [3.63, 3.8) is 0 Å². The van der Waals surface area contributed by atoms with Gasteiger partial charge in [0.1, 0.15) is 5.56 Å². The molecule has 0 aliphatic rings. The lowest BCUT2D eigenvalue weighted by atomic mass is 10.1. The van der Waals surface area contributed by atoms with Crippen LogP contribution in [0.2, 0.25) is 5.02 Å². The van der Waals surface area contributed by atoms with Gasteiger partial charge >= 0.3 is 5.97 Å². The number of ether oxygens (including phenoxy) is 1. The molecule has 0 aromatic heterocycles. The van der Waals surface area contributed by atoms with Gasteiger partial charge in [0.15, 0.2) is 12.4 Å². The molecule has 0 saturated heterocycles. The lowest BCUT2D eigenvalue weighted by molar-refractivity contribution is -0.124. The van der Waals surface area contributed by atoms with Gasteiger partial charge in [-0.15, -0.1) is 0 Å². The maximum atomic E-state index is 11.6. The molecule has 0 atom stereocenters. The van der Waals surface area contributed by atoms with Crippen LogP contribution < -0.4 is 10.1 Å². The molecule has 104 valence electrons. The highest BCUT2D eigenvalue weighted by atomic mass is 35.5. The van der Waals surface area contributed by atoms with E-state index in [1.54, 1.807) is 0 Å². The van der Waals surface area contributed by atoms with Crippen LogP contribution in [0.1, 0.15) is 31.1 Å². The molecule has 0 aliphatic heterocycles. The first-order valence-corrected chi connectivity index (χ1v) is 6.04. The Bertz CT molecular complexity index is 494. The van der Waals surface area contributed by atoms with Crippen LogP contribution in [0.5, 0.6) is 5.75 Å². The molecule has 0 aliphatic carbocycles. The minimum atomic E-state index is -1.16. The van der Waals surface area contributed by atoms with Crippen molar-refractivity contribution in [3.8, 4) is 5.75 Å². The largest absolute Gasteiger partial charge is 0.481 e. The Morgan fingerprint density at radius 3 is 2.53 bits per heavy atom. The molecule has 2 N–H and O–H groups in total. The zero-order valence-corrected chi connectivity index (χ0v) is 11.7. The van der Waals surface area contributed by atoms with Crippen molar-refractivity contribution < 1.29 is 19.4 Å². The monoisotopic (exact) mass is 285 g/mol. The topological polar surface area (TPSA) is 75.6 Å². The van der Waals surface area contributed by atoms with Gasteiger partial charge in [-0.2, -0.15) is 0 Å². The lowest BCUT2D eigenvalue weighted by Gasteiger charge is -2.20. The number of para-hydroxylation sites is 1. The average Bonchev–Trinajstić information content (AvgIpc) is 2.24. The van der Waals surface area contributed by atoms with Gasteiger partial charge in [0.25, 0.3) is 5.91 Å². The summed E-state index contributed by atoms with van der Waals surface area (Å²) in [7, 11) is 0. The summed E-state index contributed by atoms with van der Waals surface area (Å²) in [6.45, 7) is 5.22. The standard InChI is InChI=1S/C13H16ClNO4/c1-13(2,3)15-10(16)7-19-11-8(12(17)18)5-4-6-9(11)14/h4-6H,7H2,1-3H3,(H,15,16)(H,17,18).